The van der Waals surface area contributed by atoms with Crippen molar-refractivity contribution < 1.29 is 0 Å². The number of hydrogen-bond donors (Lipinski definition) is 1. The number of hydrogen-bond acceptors (Lipinski definition) is 4. The molecule has 1 aliphatic rings. The van der Waals surface area contributed by atoms with Crippen LogP contribution in [-0.4, -0.2) is 34.6 Å². The minimum Gasteiger partial charge on any atom is -0.310 e. The van der Waals surface area contributed by atoms with E-state index in [1.54, 1.807) is 11.3 Å². The molecule has 18 heavy (non-hydrogen) atoms. The zero-order valence-electron chi connectivity index (χ0n) is 12.0. The highest BCUT2D eigenvalue weighted by Gasteiger charge is 2.30. The van der Waals surface area contributed by atoms with Gasteiger partial charge in [-0.25, -0.2) is 4.98 Å². The van der Waals surface area contributed by atoms with Gasteiger partial charge in [0.25, 0.3) is 0 Å². The molecule has 1 saturated heterocycles. The van der Waals surface area contributed by atoms with Gasteiger partial charge in [-0.1, -0.05) is 6.92 Å². The van der Waals surface area contributed by atoms with Gasteiger partial charge in [-0.15, -0.1) is 11.3 Å². The van der Waals surface area contributed by atoms with Crippen LogP contribution >= 0.6 is 11.3 Å². The van der Waals surface area contributed by atoms with E-state index in [-0.39, 0.29) is 5.54 Å². The first-order valence-electron chi connectivity index (χ1n) is 6.92. The van der Waals surface area contributed by atoms with E-state index in [1.165, 1.54) is 23.5 Å². The maximum absolute atomic E-state index is 4.60. The molecule has 0 aromatic carbocycles. The average Bonchev–Trinajstić information content (AvgIpc) is 2.67. The average molecular weight is 267 g/mol. The number of aryl methyl sites for hydroxylation is 1. The summed E-state index contributed by atoms with van der Waals surface area (Å²) >= 11 is 1.75. The molecule has 2 rings (SSSR count). The first kappa shape index (κ1) is 14.0. The van der Waals surface area contributed by atoms with Crippen LogP contribution in [-0.2, 0) is 6.54 Å². The van der Waals surface area contributed by atoms with E-state index in [9.17, 15) is 0 Å². The van der Waals surface area contributed by atoms with Crippen molar-refractivity contribution in [1.82, 2.24) is 15.2 Å². The van der Waals surface area contributed by atoms with Crippen LogP contribution in [0.4, 0.5) is 0 Å². The first-order chi connectivity index (χ1) is 8.52. The lowest BCUT2D eigenvalue weighted by Gasteiger charge is -2.34. The van der Waals surface area contributed by atoms with Gasteiger partial charge >= 0.3 is 0 Å². The van der Waals surface area contributed by atoms with E-state index in [0.29, 0.717) is 6.04 Å². The normalized spacial score (nSPS) is 30.3. The maximum atomic E-state index is 4.60. The Hall–Kier alpha value is -0.450. The molecule has 2 heterocycles. The van der Waals surface area contributed by atoms with Crippen LogP contribution in [0.5, 0.6) is 0 Å². The molecule has 2 unspecified atom stereocenters. The van der Waals surface area contributed by atoms with Gasteiger partial charge in [-0.05, 0) is 40.2 Å². The highest BCUT2D eigenvalue weighted by Crippen LogP contribution is 2.21. The maximum Gasteiger partial charge on any atom is 0.0897 e. The SMILES string of the molecule is CCC1(C)CN(Cc2csc(C)n2)C(C)CCN1. The summed E-state index contributed by atoms with van der Waals surface area (Å²) in [6, 6.07) is 0.632. The van der Waals surface area contributed by atoms with Gasteiger partial charge in [0.2, 0.25) is 0 Å². The van der Waals surface area contributed by atoms with Crippen LogP contribution in [0.15, 0.2) is 5.38 Å². The van der Waals surface area contributed by atoms with Gasteiger partial charge in [-0.2, -0.15) is 0 Å². The van der Waals surface area contributed by atoms with Crippen molar-refractivity contribution in [3.05, 3.63) is 16.1 Å². The minimum atomic E-state index is 0.246. The van der Waals surface area contributed by atoms with Crippen molar-refractivity contribution in [1.29, 1.82) is 0 Å². The smallest absolute Gasteiger partial charge is 0.0897 e. The Bertz CT molecular complexity index is 390. The van der Waals surface area contributed by atoms with Gasteiger partial charge in [0.05, 0.1) is 10.7 Å². The van der Waals surface area contributed by atoms with Gasteiger partial charge in [0.15, 0.2) is 0 Å². The fourth-order valence-electron chi connectivity index (χ4n) is 2.56. The summed E-state index contributed by atoms with van der Waals surface area (Å²) in [5.41, 5.74) is 1.47. The molecule has 0 aliphatic carbocycles. The Morgan fingerprint density at radius 2 is 2.39 bits per heavy atom. The summed E-state index contributed by atoms with van der Waals surface area (Å²) in [5, 5.41) is 7.07. The van der Waals surface area contributed by atoms with Crippen LogP contribution in [0.2, 0.25) is 0 Å². The van der Waals surface area contributed by atoms with Crippen LogP contribution < -0.4 is 5.32 Å². The fraction of sp³-hybridized carbons (Fsp3) is 0.786. The predicted octanol–water partition coefficient (Wildman–Crippen LogP) is 2.80. The van der Waals surface area contributed by atoms with Crippen molar-refractivity contribution in [2.45, 2.75) is 58.7 Å². The van der Waals surface area contributed by atoms with Crippen molar-refractivity contribution >= 4 is 11.3 Å². The molecular weight excluding hydrogens is 242 g/mol. The summed E-state index contributed by atoms with van der Waals surface area (Å²) in [4.78, 5) is 7.18. The van der Waals surface area contributed by atoms with Gasteiger partial charge in [0, 0.05) is 30.1 Å². The molecule has 1 aromatic rings. The Balaban J connectivity index is 2.08. The fourth-order valence-corrected chi connectivity index (χ4v) is 3.17. The van der Waals surface area contributed by atoms with E-state index in [0.717, 1.165) is 19.6 Å². The third-order valence-electron chi connectivity index (χ3n) is 4.10. The summed E-state index contributed by atoms with van der Waals surface area (Å²) in [6.07, 6.45) is 2.39. The minimum absolute atomic E-state index is 0.246. The highest BCUT2D eigenvalue weighted by atomic mass is 32.1. The molecule has 1 aliphatic heterocycles. The van der Waals surface area contributed by atoms with Gasteiger partial charge in [0.1, 0.15) is 0 Å². The molecule has 102 valence electrons. The molecule has 0 bridgehead atoms. The zero-order valence-corrected chi connectivity index (χ0v) is 12.8. The molecule has 1 fully saturated rings. The zero-order chi connectivity index (χ0) is 13.2. The Labute approximate surface area is 115 Å². The lowest BCUT2D eigenvalue weighted by atomic mass is 9.98. The van der Waals surface area contributed by atoms with Gasteiger partial charge < -0.3 is 5.32 Å². The van der Waals surface area contributed by atoms with Gasteiger partial charge in [-0.3, -0.25) is 4.90 Å². The van der Waals surface area contributed by atoms with Crippen LogP contribution in [0, 0.1) is 6.92 Å². The number of rotatable bonds is 3. The number of aromatic nitrogens is 1. The number of nitrogens with zero attached hydrogens (tertiary/aromatic N) is 2. The number of thiazole rings is 1. The van der Waals surface area contributed by atoms with E-state index in [4.69, 9.17) is 0 Å². The molecule has 0 saturated carbocycles. The van der Waals surface area contributed by atoms with E-state index in [2.05, 4.69) is 48.3 Å². The third-order valence-corrected chi connectivity index (χ3v) is 4.92. The second-order valence-corrected chi connectivity index (χ2v) is 6.80. The van der Waals surface area contributed by atoms with Crippen molar-refractivity contribution in [3.63, 3.8) is 0 Å². The first-order valence-corrected chi connectivity index (χ1v) is 7.80. The van der Waals surface area contributed by atoms with E-state index < -0.39 is 0 Å². The molecule has 1 N–H and O–H groups in total. The second-order valence-electron chi connectivity index (χ2n) is 5.74. The molecule has 0 radical (unpaired) electrons. The highest BCUT2D eigenvalue weighted by molar-refractivity contribution is 7.09. The Morgan fingerprint density at radius 1 is 1.61 bits per heavy atom. The molecule has 2 atom stereocenters. The van der Waals surface area contributed by atoms with Crippen LogP contribution in [0.3, 0.4) is 0 Å². The molecule has 0 spiro atoms. The second kappa shape index (κ2) is 5.68. The predicted molar refractivity (Wildman–Crippen MR) is 78.0 cm³/mol. The summed E-state index contributed by atoms with van der Waals surface area (Å²) < 4.78 is 0. The Kier molecular flexibility index (Phi) is 4.41. The topological polar surface area (TPSA) is 28.2 Å². The molecule has 0 amide bonds. The molecule has 1 aromatic heterocycles. The van der Waals surface area contributed by atoms with Crippen molar-refractivity contribution in [2.75, 3.05) is 13.1 Å². The van der Waals surface area contributed by atoms with E-state index in [1.807, 2.05) is 0 Å². The summed E-state index contributed by atoms with van der Waals surface area (Å²) in [6.45, 7) is 12.3. The third kappa shape index (κ3) is 3.31. The van der Waals surface area contributed by atoms with Crippen LogP contribution in [0.1, 0.15) is 44.3 Å². The van der Waals surface area contributed by atoms with Crippen LogP contribution in [0.25, 0.3) is 0 Å². The standard InChI is InChI=1S/C14H25N3S/c1-5-14(4)10-17(11(2)6-7-15-14)8-13-9-18-12(3)16-13/h9,11,15H,5-8,10H2,1-4H3. The largest absolute Gasteiger partial charge is 0.310 e. The lowest BCUT2D eigenvalue weighted by molar-refractivity contribution is 0.162. The Morgan fingerprint density at radius 3 is 3.00 bits per heavy atom. The quantitative estimate of drug-likeness (QED) is 0.913. The molecule has 4 heteroatoms. The van der Waals surface area contributed by atoms with E-state index >= 15 is 0 Å². The number of nitrogens with one attached hydrogen (secondary N) is 1. The monoisotopic (exact) mass is 267 g/mol. The molecule has 3 nitrogen and oxygen atoms in total. The summed E-state index contributed by atoms with van der Waals surface area (Å²) in [5.74, 6) is 0. The van der Waals surface area contributed by atoms with Crippen molar-refractivity contribution in [2.24, 2.45) is 0 Å². The van der Waals surface area contributed by atoms with Crippen molar-refractivity contribution in [3.8, 4) is 0 Å². The lowest BCUT2D eigenvalue weighted by Crippen LogP contribution is -2.49. The molecular formula is C14H25N3S. The summed E-state index contributed by atoms with van der Waals surface area (Å²) in [7, 11) is 0.